The van der Waals surface area contributed by atoms with E-state index in [-0.39, 0.29) is 17.7 Å². The van der Waals surface area contributed by atoms with Crippen molar-refractivity contribution in [2.75, 3.05) is 13.1 Å². The van der Waals surface area contributed by atoms with Crippen LogP contribution in [0, 0.1) is 5.92 Å². The van der Waals surface area contributed by atoms with Crippen LogP contribution in [-0.2, 0) is 4.79 Å². The lowest BCUT2D eigenvalue weighted by Gasteiger charge is -2.30. The zero-order valence-corrected chi connectivity index (χ0v) is 11.6. The molecule has 2 rings (SSSR count). The number of hydrogen-bond acceptors (Lipinski definition) is 3. The van der Waals surface area contributed by atoms with Crippen molar-refractivity contribution in [3.8, 4) is 0 Å². The summed E-state index contributed by atoms with van der Waals surface area (Å²) >= 11 is 4.79. The van der Waals surface area contributed by atoms with Crippen molar-refractivity contribution in [2.45, 2.75) is 12.8 Å². The van der Waals surface area contributed by atoms with Crippen molar-refractivity contribution in [3.05, 3.63) is 20.8 Å². The maximum absolute atomic E-state index is 12.1. The number of nitrogens with two attached hydrogens (primary N) is 1. The Morgan fingerprint density at radius 2 is 2.06 bits per heavy atom. The smallest absolute Gasteiger partial charge is 0.265 e. The van der Waals surface area contributed by atoms with Gasteiger partial charge in [-0.3, -0.25) is 9.59 Å². The molecule has 0 bridgehead atoms. The van der Waals surface area contributed by atoms with E-state index in [1.807, 2.05) is 11.4 Å². The first kappa shape index (κ1) is 12.6. The summed E-state index contributed by atoms with van der Waals surface area (Å²) < 4.78 is 0.838. The number of nitrogens with zero attached hydrogens (tertiary/aromatic N) is 1. The zero-order valence-electron chi connectivity index (χ0n) is 9.19. The van der Waals surface area contributed by atoms with E-state index in [1.54, 1.807) is 4.90 Å². The minimum Gasteiger partial charge on any atom is -0.369 e. The van der Waals surface area contributed by atoms with Crippen LogP contribution in [0.4, 0.5) is 0 Å². The van der Waals surface area contributed by atoms with Crippen molar-refractivity contribution in [2.24, 2.45) is 11.7 Å². The Bertz CT molecular complexity index is 438. The number of likely N-dealkylation sites (tertiary alicyclic amines) is 1. The normalized spacial score (nSPS) is 17.1. The van der Waals surface area contributed by atoms with Gasteiger partial charge in [0.25, 0.3) is 5.91 Å². The largest absolute Gasteiger partial charge is 0.369 e. The molecular weight excluding hydrogens is 304 g/mol. The maximum Gasteiger partial charge on any atom is 0.265 e. The van der Waals surface area contributed by atoms with Crippen molar-refractivity contribution >= 4 is 39.1 Å². The van der Waals surface area contributed by atoms with Gasteiger partial charge in [0.2, 0.25) is 5.91 Å². The fourth-order valence-electron chi connectivity index (χ4n) is 1.96. The van der Waals surface area contributed by atoms with Gasteiger partial charge in [0.15, 0.2) is 0 Å². The standard InChI is InChI=1S/C11H13BrN2O2S/c12-8-3-6-17-9(8)11(16)14-4-1-7(2-5-14)10(13)15/h3,6-7H,1-2,4-5H2,(H2,13,15). The van der Waals surface area contributed by atoms with Crippen LogP contribution in [0.15, 0.2) is 15.9 Å². The Labute approximate surface area is 112 Å². The van der Waals surface area contributed by atoms with Gasteiger partial charge < -0.3 is 10.6 Å². The minimum atomic E-state index is -0.255. The number of primary amides is 1. The number of amides is 2. The van der Waals surface area contributed by atoms with Crippen LogP contribution >= 0.6 is 27.3 Å². The lowest BCUT2D eigenvalue weighted by Crippen LogP contribution is -2.41. The van der Waals surface area contributed by atoms with Gasteiger partial charge in [-0.05, 0) is 40.2 Å². The molecule has 0 spiro atoms. The average molecular weight is 317 g/mol. The third-order valence-electron chi connectivity index (χ3n) is 3.00. The summed E-state index contributed by atoms with van der Waals surface area (Å²) in [5.74, 6) is -0.296. The van der Waals surface area contributed by atoms with Crippen LogP contribution in [0.2, 0.25) is 0 Å². The van der Waals surface area contributed by atoms with Gasteiger partial charge in [-0.15, -0.1) is 11.3 Å². The first-order chi connectivity index (χ1) is 8.09. The Kier molecular flexibility index (Phi) is 3.83. The summed E-state index contributed by atoms with van der Waals surface area (Å²) in [5, 5.41) is 1.88. The summed E-state index contributed by atoms with van der Waals surface area (Å²) in [6, 6.07) is 1.87. The van der Waals surface area contributed by atoms with E-state index < -0.39 is 0 Å². The van der Waals surface area contributed by atoms with E-state index >= 15 is 0 Å². The quantitative estimate of drug-likeness (QED) is 0.905. The molecule has 17 heavy (non-hydrogen) atoms. The van der Waals surface area contributed by atoms with E-state index in [9.17, 15) is 9.59 Å². The number of carbonyl (C=O) groups excluding carboxylic acids is 2. The zero-order chi connectivity index (χ0) is 12.4. The van der Waals surface area contributed by atoms with E-state index in [1.165, 1.54) is 11.3 Å². The fraction of sp³-hybridized carbons (Fsp3) is 0.455. The summed E-state index contributed by atoms with van der Waals surface area (Å²) in [6.45, 7) is 1.22. The molecule has 4 nitrogen and oxygen atoms in total. The number of thiophene rings is 1. The van der Waals surface area contributed by atoms with E-state index in [4.69, 9.17) is 5.73 Å². The molecule has 1 saturated heterocycles. The molecule has 92 valence electrons. The van der Waals surface area contributed by atoms with Gasteiger partial charge in [-0.1, -0.05) is 0 Å². The molecule has 0 radical (unpaired) electrons. The summed E-state index contributed by atoms with van der Waals surface area (Å²) in [6.07, 6.45) is 1.34. The summed E-state index contributed by atoms with van der Waals surface area (Å²) in [5.41, 5.74) is 5.26. The van der Waals surface area contributed by atoms with Crippen molar-refractivity contribution < 1.29 is 9.59 Å². The molecule has 2 amide bonds. The van der Waals surface area contributed by atoms with Gasteiger partial charge in [0.1, 0.15) is 4.88 Å². The highest BCUT2D eigenvalue weighted by Crippen LogP contribution is 2.26. The first-order valence-electron chi connectivity index (χ1n) is 5.41. The lowest BCUT2D eigenvalue weighted by molar-refractivity contribution is -0.123. The lowest BCUT2D eigenvalue weighted by atomic mass is 9.96. The second-order valence-electron chi connectivity index (χ2n) is 4.07. The van der Waals surface area contributed by atoms with Crippen LogP contribution in [0.1, 0.15) is 22.5 Å². The Balaban J connectivity index is 2.00. The molecule has 2 heterocycles. The van der Waals surface area contributed by atoms with E-state index in [0.717, 1.165) is 9.35 Å². The Morgan fingerprint density at radius 3 is 2.53 bits per heavy atom. The molecule has 1 aromatic heterocycles. The predicted octanol–water partition coefficient (Wildman–Crippen LogP) is 1.85. The highest BCUT2D eigenvalue weighted by atomic mass is 79.9. The van der Waals surface area contributed by atoms with Gasteiger partial charge in [-0.2, -0.15) is 0 Å². The molecular formula is C11H13BrN2O2S. The number of carbonyl (C=O) groups is 2. The molecule has 6 heteroatoms. The highest BCUT2D eigenvalue weighted by Gasteiger charge is 2.27. The third-order valence-corrected chi connectivity index (χ3v) is 4.82. The molecule has 0 atom stereocenters. The molecule has 2 N–H and O–H groups in total. The second-order valence-corrected chi connectivity index (χ2v) is 5.84. The van der Waals surface area contributed by atoms with E-state index in [2.05, 4.69) is 15.9 Å². The number of piperidine rings is 1. The van der Waals surface area contributed by atoms with Crippen LogP contribution in [0.5, 0.6) is 0 Å². The van der Waals surface area contributed by atoms with Crippen molar-refractivity contribution in [3.63, 3.8) is 0 Å². The molecule has 0 unspecified atom stereocenters. The number of rotatable bonds is 2. The molecule has 1 aliphatic heterocycles. The Hall–Kier alpha value is -0.880. The fourth-order valence-corrected chi connectivity index (χ4v) is 3.46. The average Bonchev–Trinajstić information content (AvgIpc) is 2.74. The molecule has 0 aromatic carbocycles. The monoisotopic (exact) mass is 316 g/mol. The number of halogens is 1. The maximum atomic E-state index is 12.1. The molecule has 1 aliphatic rings. The molecule has 0 aliphatic carbocycles. The third kappa shape index (κ3) is 2.69. The van der Waals surface area contributed by atoms with Crippen LogP contribution in [-0.4, -0.2) is 29.8 Å². The summed E-state index contributed by atoms with van der Waals surface area (Å²) in [7, 11) is 0. The predicted molar refractivity (Wildman–Crippen MR) is 69.8 cm³/mol. The topological polar surface area (TPSA) is 63.4 Å². The van der Waals surface area contributed by atoms with Crippen LogP contribution in [0.25, 0.3) is 0 Å². The molecule has 1 aromatic rings. The molecule has 0 saturated carbocycles. The highest BCUT2D eigenvalue weighted by molar-refractivity contribution is 9.10. The SMILES string of the molecule is NC(=O)C1CCN(C(=O)c2sccc2Br)CC1. The van der Waals surface area contributed by atoms with Crippen molar-refractivity contribution in [1.29, 1.82) is 0 Å². The Morgan fingerprint density at radius 1 is 1.41 bits per heavy atom. The van der Waals surface area contributed by atoms with E-state index in [0.29, 0.717) is 25.9 Å². The van der Waals surface area contributed by atoms with Gasteiger partial charge >= 0.3 is 0 Å². The van der Waals surface area contributed by atoms with Gasteiger partial charge in [0, 0.05) is 23.5 Å². The van der Waals surface area contributed by atoms with Crippen LogP contribution < -0.4 is 5.73 Å². The van der Waals surface area contributed by atoms with Gasteiger partial charge in [-0.25, -0.2) is 0 Å². The van der Waals surface area contributed by atoms with Gasteiger partial charge in [0.05, 0.1) is 0 Å². The number of hydrogen-bond donors (Lipinski definition) is 1. The van der Waals surface area contributed by atoms with Crippen LogP contribution in [0.3, 0.4) is 0 Å². The summed E-state index contributed by atoms with van der Waals surface area (Å²) in [4.78, 5) is 25.7. The minimum absolute atomic E-state index is 0.0368. The molecule has 1 fully saturated rings. The first-order valence-corrected chi connectivity index (χ1v) is 7.08. The second kappa shape index (κ2) is 5.18. The van der Waals surface area contributed by atoms with Crippen molar-refractivity contribution in [1.82, 2.24) is 4.90 Å².